The van der Waals surface area contributed by atoms with E-state index >= 15 is 0 Å². The van der Waals surface area contributed by atoms with E-state index in [-0.39, 0.29) is 0 Å². The van der Waals surface area contributed by atoms with Crippen molar-refractivity contribution in [1.82, 2.24) is 0 Å². The molecule has 0 spiro atoms. The van der Waals surface area contributed by atoms with Crippen LogP contribution in [0.25, 0.3) is 0 Å². The van der Waals surface area contributed by atoms with Crippen LogP contribution in [0.1, 0.15) is 40.5 Å². The molecule has 2 atom stereocenters. The molecule has 0 nitrogen and oxygen atoms in total. The summed E-state index contributed by atoms with van der Waals surface area (Å²) < 4.78 is 0. The zero-order chi connectivity index (χ0) is 7.72. The second kappa shape index (κ2) is 2.77. The van der Waals surface area contributed by atoms with Gasteiger partial charge in [0.15, 0.2) is 0 Å². The summed E-state index contributed by atoms with van der Waals surface area (Å²) in [6.07, 6.45) is 2.72. The van der Waals surface area contributed by atoms with Gasteiger partial charge in [-0.15, -0.1) is 0 Å². The molecular weight excluding hydrogens is 120 g/mol. The van der Waals surface area contributed by atoms with Crippen LogP contribution in [-0.4, -0.2) is 0 Å². The van der Waals surface area contributed by atoms with E-state index in [1.54, 1.807) is 11.1 Å². The van der Waals surface area contributed by atoms with Gasteiger partial charge in [0.05, 0.1) is 0 Å². The predicted molar refractivity (Wildman–Crippen MR) is 45.9 cm³/mol. The maximum Gasteiger partial charge on any atom is -0.0229 e. The van der Waals surface area contributed by atoms with Crippen molar-refractivity contribution in [2.75, 3.05) is 0 Å². The van der Waals surface area contributed by atoms with Crippen molar-refractivity contribution in [3.05, 3.63) is 11.1 Å². The molecule has 2 unspecified atom stereocenters. The summed E-state index contributed by atoms with van der Waals surface area (Å²) in [6.45, 7) is 9.26. The zero-order valence-corrected chi connectivity index (χ0v) is 7.57. The molecule has 0 saturated carbocycles. The molecule has 1 aliphatic carbocycles. The molecule has 0 bridgehead atoms. The average molecular weight is 138 g/mol. The lowest BCUT2D eigenvalue weighted by molar-refractivity contribution is 0.416. The van der Waals surface area contributed by atoms with Gasteiger partial charge in [-0.1, -0.05) is 25.0 Å². The third-order valence-electron chi connectivity index (χ3n) is 2.82. The van der Waals surface area contributed by atoms with Gasteiger partial charge in [-0.05, 0) is 38.5 Å². The lowest BCUT2D eigenvalue weighted by Gasteiger charge is -2.26. The Morgan fingerprint density at radius 2 is 1.80 bits per heavy atom. The van der Waals surface area contributed by atoms with Gasteiger partial charge >= 0.3 is 0 Å². The molecule has 0 saturated heterocycles. The third-order valence-corrected chi connectivity index (χ3v) is 2.82. The third kappa shape index (κ3) is 1.42. The molecular formula is C10H18. The van der Waals surface area contributed by atoms with Crippen LogP contribution >= 0.6 is 0 Å². The molecule has 0 amide bonds. The second-order valence-electron chi connectivity index (χ2n) is 3.91. The minimum atomic E-state index is 0.837. The van der Waals surface area contributed by atoms with Crippen LogP contribution in [0, 0.1) is 11.8 Å². The Kier molecular flexibility index (Phi) is 2.18. The van der Waals surface area contributed by atoms with Crippen molar-refractivity contribution in [2.24, 2.45) is 11.8 Å². The summed E-state index contributed by atoms with van der Waals surface area (Å²) >= 11 is 0. The summed E-state index contributed by atoms with van der Waals surface area (Å²) in [4.78, 5) is 0. The quantitative estimate of drug-likeness (QED) is 0.450. The van der Waals surface area contributed by atoms with E-state index in [9.17, 15) is 0 Å². The first-order valence-electron chi connectivity index (χ1n) is 4.27. The second-order valence-corrected chi connectivity index (χ2v) is 3.91. The van der Waals surface area contributed by atoms with Crippen LogP contribution in [0.15, 0.2) is 11.1 Å². The topological polar surface area (TPSA) is 0 Å². The van der Waals surface area contributed by atoms with Crippen LogP contribution in [0.4, 0.5) is 0 Å². The van der Waals surface area contributed by atoms with E-state index in [1.807, 2.05) is 0 Å². The number of allylic oxidation sites excluding steroid dienone is 2. The van der Waals surface area contributed by atoms with Crippen molar-refractivity contribution in [2.45, 2.75) is 40.5 Å². The summed E-state index contributed by atoms with van der Waals surface area (Å²) in [7, 11) is 0. The fourth-order valence-electron chi connectivity index (χ4n) is 1.97. The summed E-state index contributed by atoms with van der Waals surface area (Å²) in [5.74, 6) is 1.75. The molecule has 10 heavy (non-hydrogen) atoms. The molecule has 0 aromatic rings. The summed E-state index contributed by atoms with van der Waals surface area (Å²) in [5, 5.41) is 0. The Morgan fingerprint density at radius 3 is 2.30 bits per heavy atom. The van der Waals surface area contributed by atoms with E-state index in [0.717, 1.165) is 11.8 Å². The van der Waals surface area contributed by atoms with E-state index in [4.69, 9.17) is 0 Å². The van der Waals surface area contributed by atoms with Crippen LogP contribution in [0.3, 0.4) is 0 Å². The van der Waals surface area contributed by atoms with Crippen LogP contribution < -0.4 is 0 Å². The van der Waals surface area contributed by atoms with Gasteiger partial charge in [-0.25, -0.2) is 0 Å². The van der Waals surface area contributed by atoms with E-state index in [1.165, 1.54) is 12.8 Å². The molecule has 0 radical (unpaired) electrons. The summed E-state index contributed by atoms with van der Waals surface area (Å²) in [6, 6.07) is 0. The van der Waals surface area contributed by atoms with Crippen LogP contribution in [0.5, 0.6) is 0 Å². The fourth-order valence-corrected chi connectivity index (χ4v) is 1.97. The van der Waals surface area contributed by atoms with Gasteiger partial charge in [0.1, 0.15) is 0 Å². The molecule has 0 aromatic heterocycles. The minimum Gasteiger partial charge on any atom is -0.0739 e. The van der Waals surface area contributed by atoms with Gasteiger partial charge in [0.25, 0.3) is 0 Å². The molecule has 0 aromatic carbocycles. The first kappa shape index (κ1) is 7.84. The Bertz CT molecular complexity index is 153. The molecule has 0 fully saturated rings. The highest BCUT2D eigenvalue weighted by Gasteiger charge is 2.18. The number of hydrogen-bond acceptors (Lipinski definition) is 0. The molecule has 0 aliphatic heterocycles. The molecule has 0 heterocycles. The lowest BCUT2D eigenvalue weighted by Crippen LogP contribution is -2.12. The van der Waals surface area contributed by atoms with Crippen LogP contribution in [0.2, 0.25) is 0 Å². The first-order chi connectivity index (χ1) is 4.61. The highest BCUT2D eigenvalue weighted by Crippen LogP contribution is 2.32. The smallest absolute Gasteiger partial charge is 0.0229 e. The Labute approximate surface area is 64.3 Å². The number of hydrogen-bond donors (Lipinski definition) is 0. The van der Waals surface area contributed by atoms with Gasteiger partial charge in [0.2, 0.25) is 0 Å². The average Bonchev–Trinajstić information content (AvgIpc) is 1.82. The molecule has 0 heteroatoms. The first-order valence-corrected chi connectivity index (χ1v) is 4.27. The van der Waals surface area contributed by atoms with Crippen molar-refractivity contribution < 1.29 is 0 Å². The van der Waals surface area contributed by atoms with Crippen LogP contribution in [-0.2, 0) is 0 Å². The molecule has 0 N–H and O–H groups in total. The summed E-state index contributed by atoms with van der Waals surface area (Å²) in [5.41, 5.74) is 3.27. The van der Waals surface area contributed by atoms with Gasteiger partial charge in [-0.2, -0.15) is 0 Å². The van der Waals surface area contributed by atoms with E-state index in [2.05, 4.69) is 27.7 Å². The number of rotatable bonds is 0. The van der Waals surface area contributed by atoms with Crippen molar-refractivity contribution in [3.8, 4) is 0 Å². The van der Waals surface area contributed by atoms with Crippen molar-refractivity contribution in [1.29, 1.82) is 0 Å². The highest BCUT2D eigenvalue weighted by atomic mass is 14.2. The highest BCUT2D eigenvalue weighted by molar-refractivity contribution is 5.15. The van der Waals surface area contributed by atoms with Gasteiger partial charge < -0.3 is 0 Å². The maximum absolute atomic E-state index is 2.35. The lowest BCUT2D eigenvalue weighted by atomic mass is 9.80. The largest absolute Gasteiger partial charge is 0.0739 e. The van der Waals surface area contributed by atoms with E-state index in [0.29, 0.717) is 0 Å². The standard InChI is InChI=1S/C10H18/c1-7-5-8(2)10(4)9(3)6-7/h7-8H,5-6H2,1-4H3. The molecule has 1 aliphatic rings. The minimum absolute atomic E-state index is 0.837. The molecule has 58 valence electrons. The molecule has 1 rings (SSSR count). The van der Waals surface area contributed by atoms with Crippen molar-refractivity contribution in [3.63, 3.8) is 0 Å². The Balaban J connectivity index is 2.74. The zero-order valence-electron chi connectivity index (χ0n) is 7.57. The van der Waals surface area contributed by atoms with Crippen molar-refractivity contribution >= 4 is 0 Å². The van der Waals surface area contributed by atoms with Gasteiger partial charge in [0, 0.05) is 0 Å². The Hall–Kier alpha value is -0.260. The SMILES string of the molecule is CC1=C(C)C(C)CC(C)C1. The monoisotopic (exact) mass is 138 g/mol. The fraction of sp³-hybridized carbons (Fsp3) is 0.800. The maximum atomic E-state index is 2.35. The normalized spacial score (nSPS) is 34.8. The Morgan fingerprint density at radius 1 is 1.20 bits per heavy atom. The predicted octanol–water partition coefficient (Wildman–Crippen LogP) is 3.39. The van der Waals surface area contributed by atoms with E-state index < -0.39 is 0 Å². The van der Waals surface area contributed by atoms with Gasteiger partial charge in [-0.3, -0.25) is 0 Å².